The molecule has 0 unspecified atom stereocenters. The van der Waals surface area contributed by atoms with Gasteiger partial charge >= 0.3 is 0 Å². The fourth-order valence-electron chi connectivity index (χ4n) is 4.36. The first-order chi connectivity index (χ1) is 16.4. The van der Waals surface area contributed by atoms with Crippen LogP contribution in [0.2, 0.25) is 0 Å². The van der Waals surface area contributed by atoms with Gasteiger partial charge in [0.15, 0.2) is 0 Å². The third-order valence-electron chi connectivity index (χ3n) is 6.38. The molecule has 188 valence electrons. The molecule has 0 atom stereocenters. The second-order valence-electron chi connectivity index (χ2n) is 9.02. The maximum atomic E-state index is 13.1. The minimum atomic E-state index is -3.65. The highest BCUT2D eigenvalue weighted by Crippen LogP contribution is 2.25. The largest absolute Gasteiger partial charge is 0.351 e. The van der Waals surface area contributed by atoms with Crippen molar-refractivity contribution in [3.05, 3.63) is 40.2 Å². The molecule has 2 heterocycles. The number of aromatic amines is 1. The lowest BCUT2D eigenvalue weighted by atomic mass is 10.1. The van der Waals surface area contributed by atoms with Gasteiger partial charge in [-0.05, 0) is 57.0 Å². The van der Waals surface area contributed by atoms with E-state index in [0.29, 0.717) is 30.5 Å². The first kappa shape index (κ1) is 26.4. The molecule has 1 aliphatic heterocycles. The Balaban J connectivity index is 1.80. The Labute approximate surface area is 202 Å². The molecule has 1 saturated heterocycles. The van der Waals surface area contributed by atoms with E-state index in [2.05, 4.69) is 29.0 Å². The molecule has 1 fully saturated rings. The monoisotopic (exact) mass is 490 g/mol. The van der Waals surface area contributed by atoms with Crippen LogP contribution in [0.5, 0.6) is 0 Å². The Hall–Kier alpha value is -2.23. The maximum absolute atomic E-state index is 13.1. The molecule has 0 radical (unpaired) electrons. The number of aromatic nitrogens is 1. The molecule has 1 aromatic heterocycles. The summed E-state index contributed by atoms with van der Waals surface area (Å²) in [7, 11) is -3.65. The topological polar surface area (TPSA) is 103 Å². The van der Waals surface area contributed by atoms with E-state index in [-0.39, 0.29) is 16.4 Å². The Kier molecular flexibility index (Phi) is 9.67. The van der Waals surface area contributed by atoms with Gasteiger partial charge in [0.1, 0.15) is 0 Å². The van der Waals surface area contributed by atoms with Crippen LogP contribution < -0.4 is 10.9 Å². The second-order valence-corrected chi connectivity index (χ2v) is 11.0. The Bertz CT molecular complexity index is 1120. The molecule has 9 heteroatoms. The number of rotatable bonds is 12. The Morgan fingerprint density at radius 2 is 1.71 bits per heavy atom. The standard InChI is InChI=1S/C25H38N4O4S/c1-3-5-13-28(14-6-4-2)17-12-26-25(31)22-19-24(30)27-23-11-10-20(18-21(22)23)34(32,33)29-15-8-7-9-16-29/h10-11,18-19H,3-9,12-17H2,1-2H3,(H,26,31)(H,27,30). The Morgan fingerprint density at radius 3 is 2.35 bits per heavy atom. The van der Waals surface area contributed by atoms with Crippen molar-refractivity contribution in [3.63, 3.8) is 0 Å². The number of nitrogens with one attached hydrogen (secondary N) is 2. The molecule has 0 spiro atoms. The highest BCUT2D eigenvalue weighted by Gasteiger charge is 2.26. The van der Waals surface area contributed by atoms with Crippen molar-refractivity contribution in [2.75, 3.05) is 39.3 Å². The molecular formula is C25H38N4O4S. The number of pyridine rings is 1. The van der Waals surface area contributed by atoms with Crippen LogP contribution in [0.15, 0.2) is 34.0 Å². The number of carbonyl (C=O) groups is 1. The van der Waals surface area contributed by atoms with Crippen LogP contribution >= 0.6 is 0 Å². The molecule has 2 N–H and O–H groups in total. The van der Waals surface area contributed by atoms with E-state index < -0.39 is 15.6 Å². The van der Waals surface area contributed by atoms with Gasteiger partial charge in [-0.25, -0.2) is 8.42 Å². The average Bonchev–Trinajstić information content (AvgIpc) is 2.84. The number of fused-ring (bicyclic) bond motifs is 1. The average molecular weight is 491 g/mol. The van der Waals surface area contributed by atoms with Crippen LogP contribution in [0, 0.1) is 0 Å². The van der Waals surface area contributed by atoms with E-state index in [9.17, 15) is 18.0 Å². The van der Waals surface area contributed by atoms with Crippen LogP contribution in [0.1, 0.15) is 69.2 Å². The number of sulfonamides is 1. The van der Waals surface area contributed by atoms with Crippen LogP contribution in [0.25, 0.3) is 10.9 Å². The SMILES string of the molecule is CCCCN(CCCC)CCNC(=O)c1cc(=O)[nH]c2ccc(S(=O)(=O)N3CCCCC3)cc12. The van der Waals surface area contributed by atoms with Gasteiger partial charge in [-0.2, -0.15) is 4.31 Å². The number of hydrogen-bond donors (Lipinski definition) is 2. The van der Waals surface area contributed by atoms with Crippen LogP contribution in [-0.4, -0.2) is 67.8 Å². The van der Waals surface area contributed by atoms with Crippen molar-refractivity contribution in [2.24, 2.45) is 0 Å². The summed E-state index contributed by atoms with van der Waals surface area (Å²) in [6, 6.07) is 5.84. The third kappa shape index (κ3) is 6.67. The summed E-state index contributed by atoms with van der Waals surface area (Å²) in [5.41, 5.74) is 0.252. The molecule has 2 aromatic rings. The number of amides is 1. The van der Waals surface area contributed by atoms with E-state index >= 15 is 0 Å². The molecule has 1 amide bonds. The van der Waals surface area contributed by atoms with E-state index in [0.717, 1.165) is 64.6 Å². The van der Waals surface area contributed by atoms with E-state index in [1.54, 1.807) is 6.07 Å². The van der Waals surface area contributed by atoms with Crippen molar-refractivity contribution >= 4 is 26.8 Å². The smallest absolute Gasteiger partial charge is 0.252 e. The zero-order chi connectivity index (χ0) is 24.6. The van der Waals surface area contributed by atoms with Gasteiger partial charge in [-0.15, -0.1) is 0 Å². The van der Waals surface area contributed by atoms with Crippen molar-refractivity contribution < 1.29 is 13.2 Å². The van der Waals surface area contributed by atoms with Crippen LogP contribution in [-0.2, 0) is 10.0 Å². The summed E-state index contributed by atoms with van der Waals surface area (Å²) >= 11 is 0. The van der Waals surface area contributed by atoms with Crippen LogP contribution in [0.4, 0.5) is 0 Å². The fourth-order valence-corrected chi connectivity index (χ4v) is 5.90. The molecule has 0 bridgehead atoms. The molecule has 34 heavy (non-hydrogen) atoms. The molecule has 8 nitrogen and oxygen atoms in total. The first-order valence-corrected chi connectivity index (χ1v) is 14.0. The zero-order valence-corrected chi connectivity index (χ0v) is 21.3. The lowest BCUT2D eigenvalue weighted by molar-refractivity contribution is 0.0949. The first-order valence-electron chi connectivity index (χ1n) is 12.5. The lowest BCUT2D eigenvalue weighted by Gasteiger charge is -2.26. The number of hydrogen-bond acceptors (Lipinski definition) is 5. The quantitative estimate of drug-likeness (QED) is 0.475. The van der Waals surface area contributed by atoms with Gasteiger partial charge in [0.05, 0.1) is 10.5 Å². The van der Waals surface area contributed by atoms with E-state index in [1.807, 2.05) is 0 Å². The minimum Gasteiger partial charge on any atom is -0.351 e. The lowest BCUT2D eigenvalue weighted by Crippen LogP contribution is -2.36. The minimum absolute atomic E-state index is 0.147. The molecule has 1 aliphatic rings. The summed E-state index contributed by atoms with van der Waals surface area (Å²) in [5.74, 6) is -0.366. The summed E-state index contributed by atoms with van der Waals surface area (Å²) in [5, 5.41) is 3.36. The van der Waals surface area contributed by atoms with E-state index in [4.69, 9.17) is 0 Å². The number of piperidine rings is 1. The number of nitrogens with zero attached hydrogens (tertiary/aromatic N) is 2. The summed E-state index contributed by atoms with van der Waals surface area (Å²) in [4.78, 5) is 30.4. The zero-order valence-electron chi connectivity index (χ0n) is 20.4. The highest BCUT2D eigenvalue weighted by molar-refractivity contribution is 7.89. The van der Waals surface area contributed by atoms with Crippen molar-refractivity contribution in [2.45, 2.75) is 63.7 Å². The van der Waals surface area contributed by atoms with Crippen molar-refractivity contribution in [1.82, 2.24) is 19.5 Å². The molecule has 3 rings (SSSR count). The normalized spacial score (nSPS) is 15.1. The predicted octanol–water partition coefficient (Wildman–Crippen LogP) is 3.33. The van der Waals surface area contributed by atoms with Gasteiger partial charge in [-0.3, -0.25) is 9.59 Å². The molecule has 0 saturated carbocycles. The predicted molar refractivity (Wildman–Crippen MR) is 136 cm³/mol. The second kappa shape index (κ2) is 12.5. The van der Waals surface area contributed by atoms with Crippen LogP contribution in [0.3, 0.4) is 0 Å². The van der Waals surface area contributed by atoms with Gasteiger partial charge < -0.3 is 15.2 Å². The van der Waals surface area contributed by atoms with Gasteiger partial charge in [0, 0.05) is 43.1 Å². The summed E-state index contributed by atoms with van der Waals surface area (Å²) in [6.45, 7) is 8.54. The van der Waals surface area contributed by atoms with E-state index in [1.165, 1.54) is 22.5 Å². The summed E-state index contributed by atoms with van der Waals surface area (Å²) in [6.07, 6.45) is 7.20. The highest BCUT2D eigenvalue weighted by atomic mass is 32.2. The molecule has 1 aromatic carbocycles. The summed E-state index contributed by atoms with van der Waals surface area (Å²) < 4.78 is 27.8. The number of carbonyl (C=O) groups excluding carboxylic acids is 1. The molecule has 0 aliphatic carbocycles. The van der Waals surface area contributed by atoms with Gasteiger partial charge in [-0.1, -0.05) is 33.1 Å². The number of H-pyrrole nitrogens is 1. The number of benzene rings is 1. The number of unbranched alkanes of at least 4 members (excludes halogenated alkanes) is 2. The van der Waals surface area contributed by atoms with Gasteiger partial charge in [0.25, 0.3) is 5.91 Å². The van der Waals surface area contributed by atoms with Crippen molar-refractivity contribution in [1.29, 1.82) is 0 Å². The Morgan fingerprint density at radius 1 is 1.03 bits per heavy atom. The third-order valence-corrected chi connectivity index (χ3v) is 8.28. The van der Waals surface area contributed by atoms with Gasteiger partial charge in [0.2, 0.25) is 15.6 Å². The maximum Gasteiger partial charge on any atom is 0.252 e. The molecular weight excluding hydrogens is 452 g/mol. The fraction of sp³-hybridized carbons (Fsp3) is 0.600. The van der Waals surface area contributed by atoms with Crippen molar-refractivity contribution in [3.8, 4) is 0 Å².